The van der Waals surface area contributed by atoms with E-state index < -0.39 is 0 Å². The summed E-state index contributed by atoms with van der Waals surface area (Å²) >= 11 is 0. The Balaban J connectivity index is 1.55. The van der Waals surface area contributed by atoms with Gasteiger partial charge in [-0.15, -0.1) is 0 Å². The van der Waals surface area contributed by atoms with Crippen LogP contribution < -0.4 is 10.6 Å². The second-order valence-electron chi connectivity index (χ2n) is 5.84. The third-order valence-electron chi connectivity index (χ3n) is 4.09. The fourth-order valence-electron chi connectivity index (χ4n) is 2.97. The number of anilines is 1. The van der Waals surface area contributed by atoms with Crippen LogP contribution in [0.25, 0.3) is 0 Å². The Morgan fingerprint density at radius 2 is 2.24 bits per heavy atom. The lowest BCUT2D eigenvalue weighted by atomic mass is 10.1. The van der Waals surface area contributed by atoms with Crippen molar-refractivity contribution in [1.29, 1.82) is 0 Å². The smallest absolute Gasteiger partial charge is 0.251 e. The normalized spacial score (nSPS) is 19.7. The van der Waals surface area contributed by atoms with Crippen LogP contribution in [0.1, 0.15) is 22.8 Å². The number of rotatable bonds is 4. The SMILES string of the molecule is CC(CN1CCOCC1)NC(=O)c1ccc2c(c1)CCN2. The quantitative estimate of drug-likeness (QED) is 0.872. The minimum absolute atomic E-state index is 0.0189. The number of hydrogen-bond acceptors (Lipinski definition) is 4. The van der Waals surface area contributed by atoms with E-state index in [1.807, 2.05) is 18.2 Å². The number of morpholine rings is 1. The summed E-state index contributed by atoms with van der Waals surface area (Å²) in [6.45, 7) is 7.38. The van der Waals surface area contributed by atoms with Crippen LogP contribution in [0.15, 0.2) is 18.2 Å². The molecule has 0 radical (unpaired) electrons. The van der Waals surface area contributed by atoms with Gasteiger partial charge in [0.15, 0.2) is 0 Å². The molecule has 0 aliphatic carbocycles. The molecule has 1 aromatic rings. The molecule has 1 amide bonds. The predicted octanol–water partition coefficient (Wildman–Crippen LogP) is 1.11. The number of ether oxygens (including phenoxy) is 1. The van der Waals surface area contributed by atoms with Gasteiger partial charge in [0.1, 0.15) is 0 Å². The lowest BCUT2D eigenvalue weighted by molar-refractivity contribution is 0.0342. The van der Waals surface area contributed by atoms with Gasteiger partial charge < -0.3 is 15.4 Å². The highest BCUT2D eigenvalue weighted by molar-refractivity contribution is 5.95. The molecule has 21 heavy (non-hydrogen) atoms. The first kappa shape index (κ1) is 14.4. The topological polar surface area (TPSA) is 53.6 Å². The summed E-state index contributed by atoms with van der Waals surface area (Å²) in [6, 6.07) is 6.05. The van der Waals surface area contributed by atoms with Crippen molar-refractivity contribution in [2.45, 2.75) is 19.4 Å². The first-order valence-electron chi connectivity index (χ1n) is 7.70. The highest BCUT2D eigenvalue weighted by Crippen LogP contribution is 2.22. The molecule has 114 valence electrons. The zero-order valence-electron chi connectivity index (χ0n) is 12.5. The number of nitrogens with zero attached hydrogens (tertiary/aromatic N) is 1. The standard InChI is InChI=1S/C16H23N3O2/c1-12(11-19-6-8-21-9-7-19)18-16(20)14-2-3-15-13(10-14)4-5-17-15/h2-3,10,12,17H,4-9,11H2,1H3,(H,18,20). The van der Waals surface area contributed by atoms with E-state index in [0.29, 0.717) is 0 Å². The Kier molecular flexibility index (Phi) is 4.41. The van der Waals surface area contributed by atoms with E-state index in [2.05, 4.69) is 22.5 Å². The second kappa shape index (κ2) is 6.45. The molecule has 2 aliphatic heterocycles. The van der Waals surface area contributed by atoms with Crippen molar-refractivity contribution in [2.24, 2.45) is 0 Å². The van der Waals surface area contributed by atoms with Crippen LogP contribution in [0.4, 0.5) is 5.69 Å². The van der Waals surface area contributed by atoms with Crippen LogP contribution in [-0.2, 0) is 11.2 Å². The molecule has 0 spiro atoms. The van der Waals surface area contributed by atoms with Crippen molar-refractivity contribution in [3.8, 4) is 0 Å². The van der Waals surface area contributed by atoms with Crippen LogP contribution >= 0.6 is 0 Å². The number of benzene rings is 1. The minimum atomic E-state index is 0.0189. The molecule has 1 unspecified atom stereocenters. The lowest BCUT2D eigenvalue weighted by Crippen LogP contribution is -2.46. The fraction of sp³-hybridized carbons (Fsp3) is 0.562. The zero-order chi connectivity index (χ0) is 14.7. The Morgan fingerprint density at radius 1 is 1.43 bits per heavy atom. The first-order chi connectivity index (χ1) is 10.2. The van der Waals surface area contributed by atoms with Gasteiger partial charge in [-0.3, -0.25) is 9.69 Å². The maximum atomic E-state index is 12.3. The van der Waals surface area contributed by atoms with Gasteiger partial charge in [-0.25, -0.2) is 0 Å². The Labute approximate surface area is 125 Å². The maximum absolute atomic E-state index is 12.3. The van der Waals surface area contributed by atoms with E-state index >= 15 is 0 Å². The average molecular weight is 289 g/mol. The number of fused-ring (bicyclic) bond motifs is 1. The van der Waals surface area contributed by atoms with Gasteiger partial charge >= 0.3 is 0 Å². The third kappa shape index (κ3) is 3.54. The van der Waals surface area contributed by atoms with E-state index in [0.717, 1.165) is 57.1 Å². The molecule has 2 aliphatic rings. The van der Waals surface area contributed by atoms with E-state index in [9.17, 15) is 4.79 Å². The molecule has 5 nitrogen and oxygen atoms in total. The Bertz CT molecular complexity index is 512. The van der Waals surface area contributed by atoms with Crippen molar-refractivity contribution < 1.29 is 9.53 Å². The molecule has 1 saturated heterocycles. The van der Waals surface area contributed by atoms with Gasteiger partial charge in [-0.05, 0) is 37.1 Å². The van der Waals surface area contributed by atoms with Gasteiger partial charge in [0.2, 0.25) is 0 Å². The monoisotopic (exact) mass is 289 g/mol. The van der Waals surface area contributed by atoms with E-state index in [-0.39, 0.29) is 11.9 Å². The van der Waals surface area contributed by atoms with Crippen LogP contribution in [-0.4, -0.2) is 56.2 Å². The molecule has 1 atom stereocenters. The summed E-state index contributed by atoms with van der Waals surface area (Å²) < 4.78 is 5.34. The Morgan fingerprint density at radius 3 is 3.05 bits per heavy atom. The minimum Gasteiger partial charge on any atom is -0.384 e. The van der Waals surface area contributed by atoms with E-state index in [1.54, 1.807) is 0 Å². The molecule has 2 heterocycles. The molecule has 5 heteroatoms. The predicted molar refractivity (Wildman–Crippen MR) is 82.8 cm³/mol. The summed E-state index contributed by atoms with van der Waals surface area (Å²) in [6.07, 6.45) is 1.000. The summed E-state index contributed by atoms with van der Waals surface area (Å²) in [4.78, 5) is 14.7. The molecule has 3 rings (SSSR count). The molecule has 1 aromatic carbocycles. The lowest BCUT2D eigenvalue weighted by Gasteiger charge is -2.29. The molecular weight excluding hydrogens is 266 g/mol. The number of carbonyl (C=O) groups excluding carboxylic acids is 1. The summed E-state index contributed by atoms with van der Waals surface area (Å²) in [7, 11) is 0. The van der Waals surface area contributed by atoms with Crippen molar-refractivity contribution in [1.82, 2.24) is 10.2 Å². The summed E-state index contributed by atoms with van der Waals surface area (Å²) in [5.74, 6) is 0.0189. The zero-order valence-corrected chi connectivity index (χ0v) is 12.5. The maximum Gasteiger partial charge on any atom is 0.251 e. The first-order valence-corrected chi connectivity index (χ1v) is 7.70. The highest BCUT2D eigenvalue weighted by atomic mass is 16.5. The van der Waals surface area contributed by atoms with Crippen molar-refractivity contribution >= 4 is 11.6 Å². The highest BCUT2D eigenvalue weighted by Gasteiger charge is 2.17. The number of hydrogen-bond donors (Lipinski definition) is 2. The molecule has 2 N–H and O–H groups in total. The van der Waals surface area contributed by atoms with E-state index in [4.69, 9.17) is 4.74 Å². The molecule has 0 saturated carbocycles. The van der Waals surface area contributed by atoms with Gasteiger partial charge in [0.25, 0.3) is 5.91 Å². The number of amides is 1. The van der Waals surface area contributed by atoms with Crippen molar-refractivity contribution in [2.75, 3.05) is 44.7 Å². The van der Waals surface area contributed by atoms with Crippen LogP contribution in [0, 0.1) is 0 Å². The fourth-order valence-corrected chi connectivity index (χ4v) is 2.97. The Hall–Kier alpha value is -1.59. The summed E-state index contributed by atoms with van der Waals surface area (Å²) in [5.41, 5.74) is 3.16. The van der Waals surface area contributed by atoms with Crippen LogP contribution in [0.2, 0.25) is 0 Å². The number of carbonyl (C=O) groups is 1. The average Bonchev–Trinajstić information content (AvgIpc) is 2.95. The molecule has 0 aromatic heterocycles. The van der Waals surface area contributed by atoms with Gasteiger partial charge in [0.05, 0.1) is 13.2 Å². The van der Waals surface area contributed by atoms with Crippen molar-refractivity contribution in [3.05, 3.63) is 29.3 Å². The summed E-state index contributed by atoms with van der Waals surface area (Å²) in [5, 5.41) is 6.40. The second-order valence-corrected chi connectivity index (χ2v) is 5.84. The van der Waals surface area contributed by atoms with Gasteiger partial charge in [0, 0.05) is 43.5 Å². The van der Waals surface area contributed by atoms with Crippen LogP contribution in [0.5, 0.6) is 0 Å². The van der Waals surface area contributed by atoms with Gasteiger partial charge in [-0.2, -0.15) is 0 Å². The van der Waals surface area contributed by atoms with E-state index in [1.165, 1.54) is 5.56 Å². The van der Waals surface area contributed by atoms with Crippen molar-refractivity contribution in [3.63, 3.8) is 0 Å². The van der Waals surface area contributed by atoms with Crippen LogP contribution in [0.3, 0.4) is 0 Å². The third-order valence-corrected chi connectivity index (χ3v) is 4.09. The molecule has 1 fully saturated rings. The molecule has 0 bridgehead atoms. The number of nitrogens with one attached hydrogen (secondary N) is 2. The van der Waals surface area contributed by atoms with Gasteiger partial charge in [-0.1, -0.05) is 0 Å². The largest absolute Gasteiger partial charge is 0.384 e. The molecular formula is C16H23N3O2.